The van der Waals surface area contributed by atoms with Crippen LogP contribution in [0.15, 0.2) is 112 Å². The van der Waals surface area contributed by atoms with Crippen molar-refractivity contribution in [1.82, 2.24) is 14.4 Å². The molecule has 0 spiro atoms. The Hall–Kier alpha value is -7.00. The van der Waals surface area contributed by atoms with Crippen molar-refractivity contribution in [3.05, 3.63) is 77.9 Å². The average molecular weight is 1220 g/mol. The lowest BCUT2D eigenvalue weighted by Crippen LogP contribution is -2.27. The van der Waals surface area contributed by atoms with E-state index < -0.39 is 53.9 Å². The number of phenols is 1. The van der Waals surface area contributed by atoms with Gasteiger partial charge in [0.25, 0.3) is 20.2 Å². The van der Waals surface area contributed by atoms with Crippen LogP contribution in [0, 0.1) is 18.3 Å². The second-order valence-corrected chi connectivity index (χ2v) is 22.3. The summed E-state index contributed by atoms with van der Waals surface area (Å²) in [5.74, 6) is -1.26. The van der Waals surface area contributed by atoms with Gasteiger partial charge in [-0.25, -0.2) is 25.7 Å². The number of hydrogen-bond acceptors (Lipinski definition) is 31. The van der Waals surface area contributed by atoms with Crippen molar-refractivity contribution < 1.29 is 89.5 Å². The average Bonchev–Trinajstić information content (AvgIpc) is 4.10. The summed E-state index contributed by atoms with van der Waals surface area (Å²) in [5, 5.41) is 97.3. The number of anilines is 1. The molecule has 0 aliphatic carbocycles. The lowest BCUT2D eigenvalue weighted by Gasteiger charge is -2.26. The predicted octanol–water partition coefficient (Wildman–Crippen LogP) is 11.8. The SMILES string of the molecule is COc1cc(N=Nc2c(SOOO)cc3cc(S(=O)(=O)O)c(N=Nc4c(C)c(C#N)c5nc6ccccc6n5c4O)cc3c2O)c(N(CCCSOOO)CCCS(=O)(=O)O)cc1N=Nc1nc2cc(SOOO)c(OC)cc2s1. The molecular weight excluding hydrogens is 1180 g/mol. The molecule has 0 saturated heterocycles. The van der Waals surface area contributed by atoms with E-state index in [0.717, 1.165) is 35.5 Å². The Morgan fingerprint density at radius 2 is 1.44 bits per heavy atom. The number of fused-ring (bicyclic) bond motifs is 5. The fourth-order valence-electron chi connectivity index (χ4n) is 7.91. The number of azo groups is 3. The van der Waals surface area contributed by atoms with Crippen molar-refractivity contribution in [2.24, 2.45) is 30.7 Å². The van der Waals surface area contributed by atoms with E-state index in [0.29, 0.717) is 43.9 Å². The topological polar surface area (TPSA) is 415 Å². The largest absolute Gasteiger partial charge is 0.505 e. The molecule has 0 aliphatic heterocycles. The molecule has 5 aromatic carbocycles. The van der Waals surface area contributed by atoms with Crippen LogP contribution in [0.2, 0.25) is 0 Å². The number of nitriles is 1. The zero-order valence-electron chi connectivity index (χ0n) is 41.0. The Bertz CT molecular complexity index is 4010. The molecule has 7 N–H and O–H groups in total. The molecule has 0 bridgehead atoms. The standard InChI is InChI=1S/C44H39N11O19S6/c1-22-25(21-45)42-46-26-8-4-5-9-31(26)55(42)43(57)39(22)51-50-30-16-24-23(15-38(30)80(64,65)66)14-37(78-74-71-60)40(41(24)56)52-48-27-18-33(67-2)28(17-32(27)54(10-6-12-75-72-69-58)11-7-13-79(61,62)63)49-53-44-47-29-19-36(77-73-70-59)34(68-3)20-35(29)76-44/h4-5,8-9,14-20,56-60H,6-7,10-13H2,1-3H3,(H,61,62,63)(H,64,65,66). The Morgan fingerprint density at radius 1 is 0.750 bits per heavy atom. The summed E-state index contributed by atoms with van der Waals surface area (Å²) in [6.07, 6.45) is 0.157. The van der Waals surface area contributed by atoms with Gasteiger partial charge in [-0.05, 0) is 67.6 Å². The van der Waals surface area contributed by atoms with Crippen LogP contribution in [-0.4, -0.2) is 105 Å². The minimum atomic E-state index is -5.14. The highest BCUT2D eigenvalue weighted by molar-refractivity contribution is 7.95. The van der Waals surface area contributed by atoms with E-state index in [9.17, 15) is 46.7 Å². The van der Waals surface area contributed by atoms with E-state index in [1.165, 1.54) is 43.7 Å². The van der Waals surface area contributed by atoms with Gasteiger partial charge in [0.1, 0.15) is 50.8 Å². The van der Waals surface area contributed by atoms with Gasteiger partial charge in [-0.15, -0.1) is 43.7 Å². The molecule has 80 heavy (non-hydrogen) atoms. The van der Waals surface area contributed by atoms with Gasteiger partial charge in [0.05, 0.1) is 80.8 Å². The molecule has 420 valence electrons. The summed E-state index contributed by atoms with van der Waals surface area (Å²) in [6.45, 7) is 1.52. The molecule has 3 aromatic heterocycles. The van der Waals surface area contributed by atoms with Gasteiger partial charge in [0.15, 0.2) is 17.1 Å². The Balaban J connectivity index is 1.26. The number of nitrogens with zero attached hydrogens (tertiary/aromatic N) is 11. The number of imidazole rings is 1. The predicted molar refractivity (Wildman–Crippen MR) is 287 cm³/mol. The molecule has 0 atom stereocenters. The Kier molecular flexibility index (Phi) is 19.3. The van der Waals surface area contributed by atoms with E-state index >= 15 is 0 Å². The maximum atomic E-state index is 13.0. The summed E-state index contributed by atoms with van der Waals surface area (Å²) in [7, 11) is -6.84. The monoisotopic (exact) mass is 1220 g/mol. The van der Waals surface area contributed by atoms with Crippen LogP contribution in [0.1, 0.15) is 24.0 Å². The van der Waals surface area contributed by atoms with Crippen LogP contribution in [0.25, 0.3) is 37.7 Å². The van der Waals surface area contributed by atoms with Crippen LogP contribution in [-0.2, 0) is 48.4 Å². The first-order chi connectivity index (χ1) is 38.4. The number of aromatic hydroxyl groups is 2. The zero-order chi connectivity index (χ0) is 57.3. The van der Waals surface area contributed by atoms with E-state index in [-0.39, 0.29) is 110 Å². The summed E-state index contributed by atoms with van der Waals surface area (Å²) in [5.41, 5.74) is 0.541. The van der Waals surface area contributed by atoms with Gasteiger partial charge in [-0.1, -0.05) is 38.6 Å². The number of thiazole rings is 1. The maximum Gasteiger partial charge on any atom is 0.296 e. The number of rotatable bonds is 26. The first-order valence-corrected chi connectivity index (χ1v) is 28.6. The van der Waals surface area contributed by atoms with Crippen LogP contribution >= 0.6 is 47.5 Å². The molecule has 0 fully saturated rings. The molecule has 0 saturated carbocycles. The minimum absolute atomic E-state index is 0.0139. The fourth-order valence-corrected chi connectivity index (χ4v) is 11.2. The number of pyridine rings is 1. The smallest absolute Gasteiger partial charge is 0.296 e. The third kappa shape index (κ3) is 13.4. The first kappa shape index (κ1) is 59.1. The molecule has 30 nitrogen and oxygen atoms in total. The third-order valence-electron chi connectivity index (χ3n) is 11.4. The molecule has 0 aliphatic rings. The molecule has 0 unspecified atom stereocenters. The van der Waals surface area contributed by atoms with Crippen LogP contribution in [0.3, 0.4) is 0 Å². The number of para-hydroxylation sites is 2. The van der Waals surface area contributed by atoms with Crippen molar-refractivity contribution in [3.63, 3.8) is 0 Å². The van der Waals surface area contributed by atoms with Crippen LogP contribution in [0.5, 0.6) is 23.1 Å². The number of phenolic OH excluding ortho intramolecular Hbond substituents is 1. The van der Waals surface area contributed by atoms with Crippen molar-refractivity contribution >= 4 is 145 Å². The van der Waals surface area contributed by atoms with Crippen molar-refractivity contribution in [1.29, 1.82) is 5.26 Å². The van der Waals surface area contributed by atoms with E-state index in [4.69, 9.17) is 24.3 Å². The van der Waals surface area contributed by atoms with E-state index in [1.807, 2.05) is 0 Å². The third-order valence-corrected chi connectivity index (χ3v) is 15.8. The highest BCUT2D eigenvalue weighted by atomic mass is 32.2. The highest BCUT2D eigenvalue weighted by Crippen LogP contribution is 2.49. The summed E-state index contributed by atoms with van der Waals surface area (Å²) >= 11 is 2.82. The van der Waals surface area contributed by atoms with Gasteiger partial charge in [0.2, 0.25) is 11.0 Å². The number of aromatic nitrogens is 3. The summed E-state index contributed by atoms with van der Waals surface area (Å²) < 4.78 is 96.7. The number of benzene rings is 5. The number of hydrogen-bond donors (Lipinski definition) is 7. The molecular formula is C44H39N11O19S6. The highest BCUT2D eigenvalue weighted by Gasteiger charge is 2.26. The molecule has 8 aromatic rings. The van der Waals surface area contributed by atoms with Gasteiger partial charge in [-0.3, -0.25) is 13.5 Å². The van der Waals surface area contributed by atoms with Crippen molar-refractivity contribution in [3.8, 4) is 29.2 Å². The Labute approximate surface area is 467 Å². The minimum Gasteiger partial charge on any atom is -0.505 e. The quantitative estimate of drug-likeness (QED) is 0.00661. The lowest BCUT2D eigenvalue weighted by atomic mass is 10.1. The van der Waals surface area contributed by atoms with Crippen molar-refractivity contribution in [2.45, 2.75) is 34.5 Å². The number of ether oxygens (including phenoxy) is 2. The fraction of sp³-hybridized carbons (Fsp3) is 0.205. The lowest BCUT2D eigenvalue weighted by molar-refractivity contribution is -0.432. The molecule has 0 amide bonds. The van der Waals surface area contributed by atoms with Crippen molar-refractivity contribution in [2.75, 3.05) is 43.7 Å². The molecule has 3 heterocycles. The second kappa shape index (κ2) is 26.1. The van der Waals surface area contributed by atoms with Gasteiger partial charge in [-0.2, -0.15) is 22.1 Å². The number of methoxy groups -OCH3 is 2. The second-order valence-electron chi connectivity index (χ2n) is 16.1. The maximum absolute atomic E-state index is 13.0. The van der Waals surface area contributed by atoms with Gasteiger partial charge >= 0.3 is 0 Å². The normalized spacial score (nSPS) is 12.4. The summed E-state index contributed by atoms with van der Waals surface area (Å²) in [4.78, 5) is 10.0. The Morgan fingerprint density at radius 3 is 2.14 bits per heavy atom. The first-order valence-electron chi connectivity index (χ1n) is 22.3. The van der Waals surface area contributed by atoms with Crippen LogP contribution < -0.4 is 14.4 Å². The molecule has 36 heteroatoms. The molecule has 0 radical (unpaired) electrons. The van der Waals surface area contributed by atoms with E-state index in [2.05, 4.69) is 70.5 Å². The molecule has 8 rings (SSSR count). The zero-order valence-corrected chi connectivity index (χ0v) is 45.9. The summed E-state index contributed by atoms with van der Waals surface area (Å²) in [6, 6.07) is 18.1. The van der Waals surface area contributed by atoms with Gasteiger partial charge < -0.3 is 24.6 Å². The van der Waals surface area contributed by atoms with Crippen LogP contribution in [0.4, 0.5) is 39.3 Å². The van der Waals surface area contributed by atoms with E-state index in [1.54, 1.807) is 41.3 Å². The van der Waals surface area contributed by atoms with Gasteiger partial charge in [0, 0.05) is 54.0 Å².